The molecule has 0 spiro atoms. The SMILES string of the molecule is CCOC(=O)c1cccc(C(=O)C(C)Br)c1N. The first-order valence-electron chi connectivity index (χ1n) is 5.23. The zero-order valence-electron chi connectivity index (χ0n) is 9.70. The van der Waals surface area contributed by atoms with E-state index in [4.69, 9.17) is 10.5 Å². The number of para-hydroxylation sites is 1. The summed E-state index contributed by atoms with van der Waals surface area (Å²) in [7, 11) is 0. The molecule has 1 rings (SSSR count). The summed E-state index contributed by atoms with van der Waals surface area (Å²) in [6.07, 6.45) is 0. The first-order chi connectivity index (χ1) is 7.99. The number of anilines is 1. The Balaban J connectivity index is 3.16. The molecule has 5 heteroatoms. The Hall–Kier alpha value is -1.36. The van der Waals surface area contributed by atoms with Crippen LogP contribution in [0.5, 0.6) is 0 Å². The van der Waals surface area contributed by atoms with E-state index < -0.39 is 5.97 Å². The van der Waals surface area contributed by atoms with Gasteiger partial charge in [0.05, 0.1) is 22.7 Å². The highest BCUT2D eigenvalue weighted by Gasteiger charge is 2.19. The van der Waals surface area contributed by atoms with Gasteiger partial charge in [-0.05, 0) is 26.0 Å². The van der Waals surface area contributed by atoms with Crippen molar-refractivity contribution in [3.8, 4) is 0 Å². The number of ketones is 1. The molecule has 17 heavy (non-hydrogen) atoms. The number of hydrogen-bond acceptors (Lipinski definition) is 4. The molecule has 0 amide bonds. The Bertz CT molecular complexity index is 443. The lowest BCUT2D eigenvalue weighted by atomic mass is 10.0. The molecular weight excluding hydrogens is 286 g/mol. The Morgan fingerprint density at radius 1 is 1.41 bits per heavy atom. The molecule has 0 radical (unpaired) electrons. The Morgan fingerprint density at radius 3 is 2.53 bits per heavy atom. The number of nitrogens with two attached hydrogens (primary N) is 1. The van der Waals surface area contributed by atoms with E-state index in [2.05, 4.69) is 15.9 Å². The molecule has 2 N–H and O–H groups in total. The second-order valence-corrected chi connectivity index (χ2v) is 4.84. The van der Waals surface area contributed by atoms with Crippen LogP contribution in [0.3, 0.4) is 0 Å². The quantitative estimate of drug-likeness (QED) is 0.401. The monoisotopic (exact) mass is 299 g/mol. The van der Waals surface area contributed by atoms with E-state index in [1.807, 2.05) is 0 Å². The van der Waals surface area contributed by atoms with E-state index in [1.165, 1.54) is 0 Å². The summed E-state index contributed by atoms with van der Waals surface area (Å²) in [5.41, 5.74) is 6.54. The van der Waals surface area contributed by atoms with Crippen molar-refractivity contribution in [3.63, 3.8) is 0 Å². The van der Waals surface area contributed by atoms with Gasteiger partial charge in [0.25, 0.3) is 0 Å². The first-order valence-corrected chi connectivity index (χ1v) is 6.14. The van der Waals surface area contributed by atoms with Gasteiger partial charge in [0.1, 0.15) is 0 Å². The van der Waals surface area contributed by atoms with Gasteiger partial charge in [0, 0.05) is 5.56 Å². The Labute approximate surface area is 108 Å². The Kier molecular flexibility index (Phi) is 4.69. The molecule has 0 aliphatic heterocycles. The Morgan fingerprint density at radius 2 is 2.00 bits per heavy atom. The van der Waals surface area contributed by atoms with Crippen LogP contribution in [0.15, 0.2) is 18.2 Å². The topological polar surface area (TPSA) is 69.4 Å². The zero-order chi connectivity index (χ0) is 13.0. The molecule has 1 aromatic carbocycles. The van der Waals surface area contributed by atoms with Crippen LogP contribution >= 0.6 is 15.9 Å². The smallest absolute Gasteiger partial charge is 0.340 e. The number of Topliss-reactive ketones (excluding diaryl/α,β-unsaturated/α-hetero) is 1. The second-order valence-electron chi connectivity index (χ2n) is 3.47. The van der Waals surface area contributed by atoms with Gasteiger partial charge in [0.15, 0.2) is 5.78 Å². The highest BCUT2D eigenvalue weighted by Crippen LogP contribution is 2.21. The predicted molar refractivity (Wildman–Crippen MR) is 69.5 cm³/mol. The van der Waals surface area contributed by atoms with Crippen molar-refractivity contribution in [2.24, 2.45) is 0 Å². The molecule has 92 valence electrons. The van der Waals surface area contributed by atoms with Gasteiger partial charge in [-0.2, -0.15) is 0 Å². The lowest BCUT2D eigenvalue weighted by molar-refractivity contribution is 0.0527. The van der Waals surface area contributed by atoms with Gasteiger partial charge >= 0.3 is 5.97 Å². The number of nitrogen functional groups attached to an aromatic ring is 1. The number of halogens is 1. The summed E-state index contributed by atoms with van der Waals surface area (Å²) < 4.78 is 4.86. The summed E-state index contributed by atoms with van der Waals surface area (Å²) in [6.45, 7) is 3.69. The summed E-state index contributed by atoms with van der Waals surface area (Å²) in [6, 6.07) is 4.76. The van der Waals surface area contributed by atoms with Gasteiger partial charge in [-0.1, -0.05) is 22.0 Å². The fraction of sp³-hybridized carbons (Fsp3) is 0.333. The lowest BCUT2D eigenvalue weighted by Gasteiger charge is -2.10. The maximum absolute atomic E-state index is 11.8. The van der Waals surface area contributed by atoms with Crippen molar-refractivity contribution in [1.82, 2.24) is 0 Å². The molecule has 0 fully saturated rings. The number of carbonyl (C=O) groups excluding carboxylic acids is 2. The van der Waals surface area contributed by atoms with Crippen LogP contribution in [-0.4, -0.2) is 23.2 Å². The van der Waals surface area contributed by atoms with Crippen LogP contribution < -0.4 is 5.73 Å². The van der Waals surface area contributed by atoms with Gasteiger partial charge < -0.3 is 10.5 Å². The fourth-order valence-corrected chi connectivity index (χ4v) is 1.63. The number of carbonyl (C=O) groups is 2. The van der Waals surface area contributed by atoms with Crippen molar-refractivity contribution in [1.29, 1.82) is 0 Å². The van der Waals surface area contributed by atoms with E-state index >= 15 is 0 Å². The van der Waals surface area contributed by atoms with Gasteiger partial charge in [-0.25, -0.2) is 4.79 Å². The third kappa shape index (κ3) is 3.06. The predicted octanol–water partition coefficient (Wildman–Crippen LogP) is 2.41. The van der Waals surface area contributed by atoms with Gasteiger partial charge in [-0.15, -0.1) is 0 Å². The standard InChI is InChI=1S/C12H14BrNO3/c1-3-17-12(16)9-6-4-5-8(10(9)14)11(15)7(2)13/h4-7H,3,14H2,1-2H3. The molecule has 1 atom stereocenters. The van der Waals surface area contributed by atoms with Crippen LogP contribution in [0.2, 0.25) is 0 Å². The van der Waals surface area contributed by atoms with Gasteiger partial charge in [-0.3, -0.25) is 4.79 Å². The van der Waals surface area contributed by atoms with E-state index in [-0.39, 0.29) is 28.5 Å². The minimum atomic E-state index is -0.512. The van der Waals surface area contributed by atoms with Gasteiger partial charge in [0.2, 0.25) is 0 Å². The molecule has 1 unspecified atom stereocenters. The summed E-state index contributed by atoms with van der Waals surface area (Å²) in [4.78, 5) is 23.1. The molecule has 0 heterocycles. The molecule has 0 bridgehead atoms. The summed E-state index contributed by atoms with van der Waals surface area (Å²) in [5.74, 6) is -0.671. The summed E-state index contributed by atoms with van der Waals surface area (Å²) >= 11 is 3.18. The molecular formula is C12H14BrNO3. The van der Waals surface area contributed by atoms with Crippen molar-refractivity contribution in [2.75, 3.05) is 12.3 Å². The second kappa shape index (κ2) is 5.82. The first kappa shape index (κ1) is 13.7. The minimum Gasteiger partial charge on any atom is -0.462 e. The van der Waals surface area contributed by atoms with Crippen LogP contribution in [0.1, 0.15) is 34.6 Å². The van der Waals surface area contributed by atoms with Crippen molar-refractivity contribution in [3.05, 3.63) is 29.3 Å². The number of hydrogen-bond donors (Lipinski definition) is 1. The molecule has 0 saturated heterocycles. The summed E-state index contributed by atoms with van der Waals surface area (Å²) in [5, 5.41) is 0. The minimum absolute atomic E-state index is 0.159. The third-order valence-electron chi connectivity index (χ3n) is 2.23. The van der Waals surface area contributed by atoms with Crippen LogP contribution in [0.25, 0.3) is 0 Å². The number of rotatable bonds is 4. The number of benzene rings is 1. The number of esters is 1. The molecule has 0 aromatic heterocycles. The average Bonchev–Trinajstić information content (AvgIpc) is 2.28. The highest BCUT2D eigenvalue weighted by molar-refractivity contribution is 9.10. The van der Waals surface area contributed by atoms with E-state index in [0.717, 1.165) is 0 Å². The lowest BCUT2D eigenvalue weighted by Crippen LogP contribution is -2.16. The molecule has 0 saturated carbocycles. The third-order valence-corrected chi connectivity index (χ3v) is 2.64. The average molecular weight is 300 g/mol. The van der Waals surface area contributed by atoms with Crippen molar-refractivity contribution < 1.29 is 14.3 Å². The van der Waals surface area contributed by atoms with E-state index in [0.29, 0.717) is 5.56 Å². The fourth-order valence-electron chi connectivity index (χ4n) is 1.38. The van der Waals surface area contributed by atoms with E-state index in [9.17, 15) is 9.59 Å². The largest absolute Gasteiger partial charge is 0.462 e. The van der Waals surface area contributed by atoms with Crippen molar-refractivity contribution >= 4 is 33.4 Å². The molecule has 1 aromatic rings. The number of alkyl halides is 1. The highest BCUT2D eigenvalue weighted by atomic mass is 79.9. The van der Waals surface area contributed by atoms with E-state index in [1.54, 1.807) is 32.0 Å². The molecule has 4 nitrogen and oxygen atoms in total. The van der Waals surface area contributed by atoms with Crippen LogP contribution in [0.4, 0.5) is 5.69 Å². The number of ether oxygens (including phenoxy) is 1. The van der Waals surface area contributed by atoms with Crippen LogP contribution in [-0.2, 0) is 4.74 Å². The molecule has 0 aliphatic rings. The zero-order valence-corrected chi connectivity index (χ0v) is 11.3. The maximum Gasteiger partial charge on any atom is 0.340 e. The van der Waals surface area contributed by atoms with Crippen LogP contribution in [0, 0.1) is 0 Å². The molecule has 0 aliphatic carbocycles. The normalized spacial score (nSPS) is 11.9. The maximum atomic E-state index is 11.8. The van der Waals surface area contributed by atoms with Crippen molar-refractivity contribution in [2.45, 2.75) is 18.7 Å².